The number of carbonyl (C=O) groups is 1. The van der Waals surface area contributed by atoms with Crippen molar-refractivity contribution < 1.29 is 4.79 Å². The Kier molecular flexibility index (Phi) is 3.69. The molecular weight excluding hydrogens is 300 g/mol. The Morgan fingerprint density at radius 1 is 1.17 bits per heavy atom. The quantitative estimate of drug-likeness (QED) is 0.693. The number of aryl methyl sites for hydroxylation is 2. The fraction of sp³-hybridized carbons (Fsp3) is 0.263. The monoisotopic (exact) mass is 318 g/mol. The Hall–Kier alpha value is -2.82. The van der Waals surface area contributed by atoms with Crippen LogP contribution in [0.1, 0.15) is 40.4 Å². The number of benzene rings is 1. The van der Waals surface area contributed by atoms with E-state index < -0.39 is 0 Å². The molecule has 0 N–H and O–H groups in total. The minimum Gasteiger partial charge on any atom is -0.292 e. The molecule has 0 saturated heterocycles. The predicted molar refractivity (Wildman–Crippen MR) is 90.7 cm³/mol. The van der Waals surface area contributed by atoms with Crippen LogP contribution in [0.15, 0.2) is 48.9 Å². The molecule has 5 nitrogen and oxygen atoms in total. The van der Waals surface area contributed by atoms with E-state index in [4.69, 9.17) is 0 Å². The minimum absolute atomic E-state index is 0.162. The van der Waals surface area contributed by atoms with Crippen molar-refractivity contribution in [1.82, 2.24) is 20.0 Å². The fourth-order valence-electron chi connectivity index (χ4n) is 3.53. The van der Waals surface area contributed by atoms with E-state index >= 15 is 0 Å². The average Bonchev–Trinajstić information content (AvgIpc) is 3.21. The molecule has 0 unspecified atom stereocenters. The first kappa shape index (κ1) is 14.8. The van der Waals surface area contributed by atoms with Crippen LogP contribution in [0.2, 0.25) is 0 Å². The Morgan fingerprint density at radius 2 is 2.08 bits per heavy atom. The van der Waals surface area contributed by atoms with Gasteiger partial charge in [0.1, 0.15) is 5.69 Å². The standard InChI is InChI=1S/C19H18N4O/c1-23-18(7-9-22-23)19(24)11-15-3-2-14-10-13(4-5-17(14)15)16-6-8-20-21-12-16/h4-10,12,15H,2-3,11H2,1H3/t15-/m0/s1. The molecule has 0 aliphatic heterocycles. The van der Waals surface area contributed by atoms with Gasteiger partial charge in [-0.15, -0.1) is 0 Å². The van der Waals surface area contributed by atoms with Crippen LogP contribution in [-0.4, -0.2) is 25.8 Å². The Balaban J connectivity index is 1.57. The van der Waals surface area contributed by atoms with Crippen LogP contribution in [0.4, 0.5) is 0 Å². The van der Waals surface area contributed by atoms with Crippen LogP contribution >= 0.6 is 0 Å². The highest BCUT2D eigenvalue weighted by molar-refractivity contribution is 5.95. The van der Waals surface area contributed by atoms with Gasteiger partial charge in [0.25, 0.3) is 0 Å². The lowest BCUT2D eigenvalue weighted by atomic mass is 9.93. The summed E-state index contributed by atoms with van der Waals surface area (Å²) < 4.78 is 1.65. The zero-order chi connectivity index (χ0) is 16.5. The lowest BCUT2D eigenvalue weighted by molar-refractivity contribution is 0.0964. The van der Waals surface area contributed by atoms with E-state index in [2.05, 4.69) is 33.5 Å². The lowest BCUT2D eigenvalue weighted by Crippen LogP contribution is -2.10. The predicted octanol–water partition coefficient (Wildman–Crippen LogP) is 3.18. The SMILES string of the molecule is Cn1nccc1C(=O)C[C@@H]1CCc2cc(-c3ccnnc3)ccc21. The van der Waals surface area contributed by atoms with Crippen molar-refractivity contribution in [2.24, 2.45) is 7.05 Å². The Labute approximate surface area is 140 Å². The Morgan fingerprint density at radius 3 is 2.83 bits per heavy atom. The summed E-state index contributed by atoms with van der Waals surface area (Å²) in [6, 6.07) is 10.3. The second-order valence-corrected chi connectivity index (χ2v) is 6.25. The van der Waals surface area contributed by atoms with Gasteiger partial charge in [0, 0.05) is 25.2 Å². The van der Waals surface area contributed by atoms with Gasteiger partial charge in [-0.25, -0.2) is 0 Å². The number of rotatable bonds is 4. The van der Waals surface area contributed by atoms with Crippen molar-refractivity contribution in [1.29, 1.82) is 0 Å². The summed E-state index contributed by atoms with van der Waals surface area (Å²) in [6.07, 6.45) is 7.74. The maximum Gasteiger partial charge on any atom is 0.181 e. The normalized spacial score (nSPS) is 16.1. The molecule has 0 saturated carbocycles. The number of Topliss-reactive ketones (excluding diaryl/α,β-unsaturated/α-hetero) is 1. The lowest BCUT2D eigenvalue weighted by Gasteiger charge is -2.12. The summed E-state index contributed by atoms with van der Waals surface area (Å²) in [5, 5.41) is 11.9. The largest absolute Gasteiger partial charge is 0.292 e. The molecule has 1 aliphatic carbocycles. The third-order valence-corrected chi connectivity index (χ3v) is 4.80. The highest BCUT2D eigenvalue weighted by Gasteiger charge is 2.26. The summed E-state index contributed by atoms with van der Waals surface area (Å²) in [5.74, 6) is 0.460. The van der Waals surface area contributed by atoms with E-state index in [0.29, 0.717) is 18.0 Å². The van der Waals surface area contributed by atoms with Gasteiger partial charge in [-0.1, -0.05) is 18.2 Å². The number of carbonyl (C=O) groups excluding carboxylic acids is 1. The first-order chi connectivity index (χ1) is 11.7. The van der Waals surface area contributed by atoms with Gasteiger partial charge in [-0.05, 0) is 47.6 Å². The molecule has 3 aromatic rings. The molecule has 1 aromatic carbocycles. The van der Waals surface area contributed by atoms with Crippen molar-refractivity contribution >= 4 is 5.78 Å². The number of fused-ring (bicyclic) bond motifs is 1. The third-order valence-electron chi connectivity index (χ3n) is 4.80. The van der Waals surface area contributed by atoms with Gasteiger partial charge in [0.15, 0.2) is 5.78 Å². The molecule has 1 atom stereocenters. The molecule has 2 aromatic heterocycles. The number of ketones is 1. The number of nitrogens with zero attached hydrogens (tertiary/aromatic N) is 4. The summed E-state index contributed by atoms with van der Waals surface area (Å²) >= 11 is 0. The summed E-state index contributed by atoms with van der Waals surface area (Å²) in [7, 11) is 1.81. The van der Waals surface area contributed by atoms with Crippen LogP contribution < -0.4 is 0 Å². The van der Waals surface area contributed by atoms with Crippen molar-refractivity contribution in [2.45, 2.75) is 25.2 Å². The maximum absolute atomic E-state index is 12.5. The molecule has 0 spiro atoms. The van der Waals surface area contributed by atoms with E-state index in [0.717, 1.165) is 24.0 Å². The van der Waals surface area contributed by atoms with Gasteiger partial charge in [0.2, 0.25) is 0 Å². The van der Waals surface area contributed by atoms with E-state index in [1.165, 1.54) is 11.1 Å². The van der Waals surface area contributed by atoms with Crippen molar-refractivity contribution in [2.75, 3.05) is 0 Å². The molecule has 120 valence electrons. The van der Waals surface area contributed by atoms with Gasteiger partial charge < -0.3 is 0 Å². The molecule has 1 aliphatic rings. The Bertz CT molecular complexity index is 885. The van der Waals surface area contributed by atoms with Gasteiger partial charge in [-0.3, -0.25) is 9.48 Å². The molecule has 24 heavy (non-hydrogen) atoms. The van der Waals surface area contributed by atoms with Gasteiger partial charge in [-0.2, -0.15) is 15.3 Å². The van der Waals surface area contributed by atoms with Crippen molar-refractivity contribution in [3.05, 3.63) is 65.7 Å². The molecule has 4 rings (SSSR count). The second kappa shape index (κ2) is 6.00. The summed E-state index contributed by atoms with van der Waals surface area (Å²) in [5.41, 5.74) is 5.55. The molecule has 2 heterocycles. The first-order valence-corrected chi connectivity index (χ1v) is 8.13. The first-order valence-electron chi connectivity index (χ1n) is 8.13. The van der Waals surface area contributed by atoms with Gasteiger partial charge >= 0.3 is 0 Å². The molecule has 0 fully saturated rings. The molecule has 5 heteroatoms. The molecule has 0 amide bonds. The zero-order valence-corrected chi connectivity index (χ0v) is 13.5. The summed E-state index contributed by atoms with van der Waals surface area (Å²) in [6.45, 7) is 0. The molecule has 0 bridgehead atoms. The number of aromatic nitrogens is 4. The molecule has 0 radical (unpaired) electrons. The highest BCUT2D eigenvalue weighted by atomic mass is 16.1. The number of hydrogen-bond donors (Lipinski definition) is 0. The van der Waals surface area contributed by atoms with E-state index in [1.54, 1.807) is 29.3 Å². The van der Waals surface area contributed by atoms with E-state index in [-0.39, 0.29) is 5.78 Å². The van der Waals surface area contributed by atoms with Crippen LogP contribution in [-0.2, 0) is 13.5 Å². The van der Waals surface area contributed by atoms with E-state index in [9.17, 15) is 4.79 Å². The fourth-order valence-corrected chi connectivity index (χ4v) is 3.53. The van der Waals surface area contributed by atoms with Gasteiger partial charge in [0.05, 0.1) is 12.4 Å². The zero-order valence-electron chi connectivity index (χ0n) is 13.5. The molecular formula is C19H18N4O. The second-order valence-electron chi connectivity index (χ2n) is 6.25. The van der Waals surface area contributed by atoms with E-state index in [1.807, 2.05) is 13.1 Å². The number of hydrogen-bond acceptors (Lipinski definition) is 4. The van der Waals surface area contributed by atoms with Crippen molar-refractivity contribution in [3.8, 4) is 11.1 Å². The third kappa shape index (κ3) is 2.62. The maximum atomic E-state index is 12.5. The van der Waals surface area contributed by atoms with Crippen LogP contribution in [0.5, 0.6) is 0 Å². The van der Waals surface area contributed by atoms with Crippen LogP contribution in [0, 0.1) is 0 Å². The van der Waals surface area contributed by atoms with Crippen LogP contribution in [0.3, 0.4) is 0 Å². The highest BCUT2D eigenvalue weighted by Crippen LogP contribution is 2.38. The van der Waals surface area contributed by atoms with Crippen LogP contribution in [0.25, 0.3) is 11.1 Å². The summed E-state index contributed by atoms with van der Waals surface area (Å²) in [4.78, 5) is 12.5. The smallest absolute Gasteiger partial charge is 0.181 e. The minimum atomic E-state index is 0.162. The average molecular weight is 318 g/mol. The van der Waals surface area contributed by atoms with Crippen molar-refractivity contribution in [3.63, 3.8) is 0 Å². The topological polar surface area (TPSA) is 60.7 Å².